The van der Waals surface area contributed by atoms with Gasteiger partial charge in [-0.3, -0.25) is 14.4 Å². The minimum atomic E-state index is -1.41. The first-order chi connectivity index (χ1) is 15.0. The normalized spacial score (nSPS) is 46.8. The standard InChI is InChI=1S/C24H28O7S/c1-12(25)32-18-10-13-9-14(26)3-6-22(13,2)15-5-8-24-16(19(15)18)4-7-23(24,30)11-17(20(27)28)31-21(24)29/h3,6,9,15-19,30H,4-5,7-8,10-11H2,1-2H3,(H,27,28)/t15?,16?,17?,18?,19?,22-,23+,24-/m0/s1. The summed E-state index contributed by atoms with van der Waals surface area (Å²) in [5.74, 6) is -1.99. The molecule has 5 unspecified atom stereocenters. The Bertz CT molecular complexity index is 985. The molecule has 1 aliphatic heterocycles. The molecule has 0 amide bonds. The predicted molar refractivity (Wildman–Crippen MR) is 115 cm³/mol. The number of carboxylic acid groups (broad SMARTS) is 1. The van der Waals surface area contributed by atoms with Crippen LogP contribution in [0.15, 0.2) is 23.8 Å². The van der Waals surface area contributed by atoms with Crippen LogP contribution in [0.5, 0.6) is 0 Å². The molecule has 0 radical (unpaired) electrons. The highest BCUT2D eigenvalue weighted by Gasteiger charge is 2.73. The van der Waals surface area contributed by atoms with Crippen molar-refractivity contribution < 1.29 is 34.1 Å². The average Bonchev–Trinajstić information content (AvgIpc) is 3.03. The Kier molecular flexibility index (Phi) is 4.81. The number of rotatable bonds is 2. The number of carbonyl (C=O) groups excluding carboxylic acids is 3. The van der Waals surface area contributed by atoms with Crippen LogP contribution in [0.1, 0.15) is 52.4 Å². The summed E-state index contributed by atoms with van der Waals surface area (Å²) < 4.78 is 5.39. The zero-order valence-corrected chi connectivity index (χ0v) is 19.0. The van der Waals surface area contributed by atoms with E-state index in [1.54, 1.807) is 12.2 Å². The van der Waals surface area contributed by atoms with Gasteiger partial charge in [0.1, 0.15) is 0 Å². The molecular formula is C24H28O7S. The Morgan fingerprint density at radius 1 is 1.19 bits per heavy atom. The van der Waals surface area contributed by atoms with E-state index in [-0.39, 0.29) is 45.7 Å². The van der Waals surface area contributed by atoms with Crippen LogP contribution in [-0.2, 0) is 23.9 Å². The molecule has 0 bridgehead atoms. The maximum Gasteiger partial charge on any atom is 0.345 e. The second kappa shape index (κ2) is 7.03. The zero-order valence-electron chi connectivity index (χ0n) is 18.2. The molecule has 0 aromatic heterocycles. The van der Waals surface area contributed by atoms with Gasteiger partial charge in [0.15, 0.2) is 10.9 Å². The molecule has 172 valence electrons. The van der Waals surface area contributed by atoms with E-state index in [2.05, 4.69) is 6.92 Å². The molecule has 4 fully saturated rings. The van der Waals surface area contributed by atoms with Crippen molar-refractivity contribution in [3.8, 4) is 0 Å². The van der Waals surface area contributed by atoms with E-state index in [4.69, 9.17) is 4.74 Å². The van der Waals surface area contributed by atoms with Crippen molar-refractivity contribution in [2.45, 2.75) is 69.3 Å². The van der Waals surface area contributed by atoms with E-state index in [1.165, 1.54) is 18.7 Å². The predicted octanol–water partition coefficient (Wildman–Crippen LogP) is 2.66. The number of carbonyl (C=O) groups is 4. The quantitative estimate of drug-likeness (QED) is 0.604. The largest absolute Gasteiger partial charge is 0.479 e. The summed E-state index contributed by atoms with van der Waals surface area (Å²) in [6.07, 6.45) is 6.45. The number of hydrogen-bond donors (Lipinski definition) is 2. The molecule has 1 saturated heterocycles. The number of esters is 1. The van der Waals surface area contributed by atoms with Crippen molar-refractivity contribution in [2.75, 3.05) is 0 Å². The van der Waals surface area contributed by atoms with E-state index in [1.807, 2.05) is 6.08 Å². The van der Waals surface area contributed by atoms with Crippen molar-refractivity contribution >= 4 is 34.6 Å². The molecular weight excluding hydrogens is 432 g/mol. The van der Waals surface area contributed by atoms with Crippen LogP contribution in [0.4, 0.5) is 0 Å². The summed E-state index contributed by atoms with van der Waals surface area (Å²) in [6, 6.07) is 0. The number of hydrogen-bond acceptors (Lipinski definition) is 7. The zero-order chi connectivity index (χ0) is 23.1. The third-order valence-corrected chi connectivity index (χ3v) is 10.2. The summed E-state index contributed by atoms with van der Waals surface area (Å²) >= 11 is 1.26. The van der Waals surface area contributed by atoms with Gasteiger partial charge in [-0.1, -0.05) is 30.3 Å². The number of aliphatic carboxylic acids is 1. The summed E-state index contributed by atoms with van der Waals surface area (Å²) in [7, 11) is 0. The van der Waals surface area contributed by atoms with Crippen molar-refractivity contribution in [3.63, 3.8) is 0 Å². The van der Waals surface area contributed by atoms with Gasteiger partial charge in [-0.25, -0.2) is 4.79 Å². The van der Waals surface area contributed by atoms with Crippen LogP contribution in [0.25, 0.3) is 0 Å². The molecule has 4 aliphatic carbocycles. The van der Waals surface area contributed by atoms with Crippen LogP contribution < -0.4 is 0 Å². The van der Waals surface area contributed by atoms with Gasteiger partial charge in [-0.05, 0) is 62.0 Å². The maximum absolute atomic E-state index is 13.4. The van der Waals surface area contributed by atoms with Crippen LogP contribution in [-0.4, -0.2) is 50.0 Å². The molecule has 5 rings (SSSR count). The lowest BCUT2D eigenvalue weighted by Gasteiger charge is -2.60. The maximum atomic E-state index is 13.4. The van der Waals surface area contributed by atoms with Crippen LogP contribution in [0, 0.1) is 28.6 Å². The van der Waals surface area contributed by atoms with Gasteiger partial charge in [-0.15, -0.1) is 0 Å². The summed E-state index contributed by atoms with van der Waals surface area (Å²) in [6.45, 7) is 3.66. The number of thioether (sulfide) groups is 1. The molecule has 32 heavy (non-hydrogen) atoms. The smallest absolute Gasteiger partial charge is 0.345 e. The van der Waals surface area contributed by atoms with Crippen molar-refractivity contribution in [2.24, 2.45) is 28.6 Å². The fraction of sp³-hybridized carbons (Fsp3) is 0.667. The third-order valence-electron chi connectivity index (χ3n) is 9.06. The summed E-state index contributed by atoms with van der Waals surface area (Å²) in [5, 5.41) is 21.0. The van der Waals surface area contributed by atoms with E-state index >= 15 is 0 Å². The topological polar surface area (TPSA) is 118 Å². The van der Waals surface area contributed by atoms with Crippen molar-refractivity contribution in [3.05, 3.63) is 23.8 Å². The first kappa shape index (κ1) is 21.9. The average molecular weight is 461 g/mol. The highest BCUT2D eigenvalue weighted by atomic mass is 32.2. The number of fused-ring (bicyclic) bond motifs is 4. The molecule has 1 heterocycles. The SMILES string of the molecule is CC(=O)SC1CC2=CC(=O)C=C[C@]2(C)C2CC[C@]34C(=O)OC(C(=O)O)C[C@]3(O)CCC4C12. The van der Waals surface area contributed by atoms with E-state index < -0.39 is 29.1 Å². The lowest BCUT2D eigenvalue weighted by atomic mass is 9.46. The van der Waals surface area contributed by atoms with E-state index in [9.17, 15) is 29.4 Å². The Labute approximate surface area is 190 Å². The van der Waals surface area contributed by atoms with Crippen LogP contribution in [0.3, 0.4) is 0 Å². The van der Waals surface area contributed by atoms with Gasteiger partial charge < -0.3 is 14.9 Å². The van der Waals surface area contributed by atoms with Crippen molar-refractivity contribution in [1.29, 1.82) is 0 Å². The first-order valence-corrected chi connectivity index (χ1v) is 12.2. The molecule has 8 heteroatoms. The van der Waals surface area contributed by atoms with E-state index in [0.717, 1.165) is 5.57 Å². The lowest BCUT2D eigenvalue weighted by Crippen LogP contribution is -2.65. The minimum absolute atomic E-state index is 0.0133. The molecule has 8 atom stereocenters. The number of allylic oxidation sites excluding steroid dienone is 4. The number of aliphatic hydroxyl groups is 1. The first-order valence-electron chi connectivity index (χ1n) is 11.3. The van der Waals surface area contributed by atoms with Crippen LogP contribution in [0.2, 0.25) is 0 Å². The second-order valence-electron chi connectivity index (χ2n) is 10.3. The highest BCUT2D eigenvalue weighted by molar-refractivity contribution is 8.14. The molecule has 2 N–H and O–H groups in total. The highest BCUT2D eigenvalue weighted by Crippen LogP contribution is 2.70. The van der Waals surface area contributed by atoms with Gasteiger partial charge in [0, 0.05) is 24.0 Å². The second-order valence-corrected chi connectivity index (χ2v) is 11.8. The Morgan fingerprint density at radius 3 is 2.59 bits per heavy atom. The number of ketones is 1. The third kappa shape index (κ3) is 2.78. The molecule has 0 aromatic carbocycles. The lowest BCUT2D eigenvalue weighted by molar-refractivity contribution is -0.224. The number of ether oxygens (including phenoxy) is 1. The van der Waals surface area contributed by atoms with Gasteiger partial charge in [0.2, 0.25) is 6.10 Å². The number of cyclic esters (lactones) is 1. The van der Waals surface area contributed by atoms with Gasteiger partial charge in [-0.2, -0.15) is 0 Å². The van der Waals surface area contributed by atoms with Gasteiger partial charge >= 0.3 is 11.9 Å². The fourth-order valence-corrected chi connectivity index (χ4v) is 8.96. The van der Waals surface area contributed by atoms with Gasteiger partial charge in [0.05, 0.1) is 11.0 Å². The summed E-state index contributed by atoms with van der Waals surface area (Å²) in [4.78, 5) is 49.2. The van der Waals surface area contributed by atoms with Crippen LogP contribution >= 0.6 is 11.8 Å². The minimum Gasteiger partial charge on any atom is -0.479 e. The number of carboxylic acids is 1. The monoisotopic (exact) mass is 460 g/mol. The fourth-order valence-electron chi connectivity index (χ4n) is 7.73. The van der Waals surface area contributed by atoms with E-state index in [0.29, 0.717) is 32.1 Å². The molecule has 0 aromatic rings. The summed E-state index contributed by atoms with van der Waals surface area (Å²) in [5.41, 5.74) is -1.85. The van der Waals surface area contributed by atoms with Gasteiger partial charge in [0.25, 0.3) is 0 Å². The Morgan fingerprint density at radius 2 is 1.91 bits per heavy atom. The molecule has 3 saturated carbocycles. The van der Waals surface area contributed by atoms with Crippen molar-refractivity contribution in [1.82, 2.24) is 0 Å². The molecule has 1 spiro atoms. The molecule has 5 aliphatic rings. The Hall–Kier alpha value is -1.93. The Balaban J connectivity index is 1.59. The molecule has 7 nitrogen and oxygen atoms in total.